The van der Waals surface area contributed by atoms with Crippen molar-refractivity contribution in [1.29, 1.82) is 0 Å². The Bertz CT molecular complexity index is 736. The first-order valence-electron chi connectivity index (χ1n) is 9.01. The van der Waals surface area contributed by atoms with Gasteiger partial charge in [0.1, 0.15) is 5.71 Å². The highest BCUT2D eigenvalue weighted by atomic mass is 16.2. The third-order valence-electron chi connectivity index (χ3n) is 4.94. The largest absolute Gasteiger partial charge is 0.339 e. The summed E-state index contributed by atoms with van der Waals surface area (Å²) in [6.45, 7) is 4.14. The van der Waals surface area contributed by atoms with Crippen molar-refractivity contribution >= 4 is 23.4 Å². The molecule has 1 saturated heterocycles. The molecule has 0 spiro atoms. The number of nitrogens with one attached hydrogen (secondary N) is 1. The first-order valence-corrected chi connectivity index (χ1v) is 9.01. The number of carbonyl (C=O) groups is 3. The SMILES string of the molecule is Cc1ccccc1CCC(=O)N1CCN(C(=O)C2=NNC(=O)CC2)CC1. The molecular weight excluding hydrogens is 332 g/mol. The molecule has 1 aromatic rings. The number of benzene rings is 1. The molecule has 7 nitrogen and oxygen atoms in total. The summed E-state index contributed by atoms with van der Waals surface area (Å²) in [6.07, 6.45) is 1.89. The van der Waals surface area contributed by atoms with Crippen molar-refractivity contribution in [3.8, 4) is 0 Å². The third kappa shape index (κ3) is 4.28. The zero-order chi connectivity index (χ0) is 18.5. The molecule has 2 heterocycles. The van der Waals surface area contributed by atoms with Gasteiger partial charge >= 0.3 is 0 Å². The molecule has 26 heavy (non-hydrogen) atoms. The smallest absolute Gasteiger partial charge is 0.270 e. The van der Waals surface area contributed by atoms with Crippen LogP contribution >= 0.6 is 0 Å². The average molecular weight is 356 g/mol. The Labute approximate surface area is 153 Å². The summed E-state index contributed by atoms with van der Waals surface area (Å²) in [6, 6.07) is 8.11. The molecule has 138 valence electrons. The summed E-state index contributed by atoms with van der Waals surface area (Å²) in [7, 11) is 0. The zero-order valence-electron chi connectivity index (χ0n) is 15.0. The molecule has 0 aliphatic carbocycles. The second kappa shape index (κ2) is 8.12. The summed E-state index contributed by atoms with van der Waals surface area (Å²) >= 11 is 0. The minimum Gasteiger partial charge on any atom is -0.339 e. The van der Waals surface area contributed by atoms with Gasteiger partial charge in [-0.3, -0.25) is 14.4 Å². The number of rotatable bonds is 4. The van der Waals surface area contributed by atoms with Gasteiger partial charge in [0, 0.05) is 45.4 Å². The standard InChI is InChI=1S/C19H24N4O3/c1-14-4-2-3-5-15(14)6-9-18(25)22-10-12-23(13-11-22)19(26)16-7-8-17(24)21-20-16/h2-5H,6-13H2,1H3,(H,21,24). The molecule has 1 fully saturated rings. The third-order valence-corrected chi connectivity index (χ3v) is 4.94. The summed E-state index contributed by atoms with van der Waals surface area (Å²) < 4.78 is 0. The van der Waals surface area contributed by atoms with Gasteiger partial charge in [-0.15, -0.1) is 0 Å². The number of aryl methyl sites for hydroxylation is 2. The monoisotopic (exact) mass is 356 g/mol. The van der Waals surface area contributed by atoms with Gasteiger partial charge in [0.15, 0.2) is 0 Å². The molecule has 0 aromatic heterocycles. The fraction of sp³-hybridized carbons (Fsp3) is 0.474. The topological polar surface area (TPSA) is 82.1 Å². The van der Waals surface area contributed by atoms with E-state index in [-0.39, 0.29) is 17.7 Å². The summed E-state index contributed by atoms with van der Waals surface area (Å²) in [5, 5.41) is 3.86. The van der Waals surface area contributed by atoms with E-state index in [0.29, 0.717) is 51.2 Å². The molecule has 0 radical (unpaired) electrons. The lowest BCUT2D eigenvalue weighted by atomic mass is 10.0. The lowest BCUT2D eigenvalue weighted by molar-refractivity contribution is -0.136. The van der Waals surface area contributed by atoms with Crippen LogP contribution in [0.1, 0.15) is 30.4 Å². The minimum absolute atomic E-state index is 0.127. The number of hydrazone groups is 1. The van der Waals surface area contributed by atoms with Crippen LogP contribution in [0.25, 0.3) is 0 Å². The molecule has 2 aliphatic heterocycles. The Balaban J connectivity index is 1.47. The van der Waals surface area contributed by atoms with E-state index in [1.165, 1.54) is 11.1 Å². The molecule has 3 amide bonds. The summed E-state index contributed by atoms with van der Waals surface area (Å²) in [5.41, 5.74) is 5.15. The van der Waals surface area contributed by atoms with Crippen molar-refractivity contribution in [2.24, 2.45) is 5.10 Å². The Morgan fingerprint density at radius 1 is 1.08 bits per heavy atom. The number of hydrogen-bond donors (Lipinski definition) is 1. The average Bonchev–Trinajstić information content (AvgIpc) is 2.67. The van der Waals surface area contributed by atoms with Gasteiger partial charge in [0.25, 0.3) is 5.91 Å². The van der Waals surface area contributed by atoms with E-state index in [9.17, 15) is 14.4 Å². The quantitative estimate of drug-likeness (QED) is 0.869. The lowest BCUT2D eigenvalue weighted by Gasteiger charge is -2.35. The van der Waals surface area contributed by atoms with E-state index < -0.39 is 0 Å². The first-order chi connectivity index (χ1) is 12.5. The predicted octanol–water partition coefficient (Wildman–Crippen LogP) is 0.864. The number of carbonyl (C=O) groups excluding carboxylic acids is 3. The Kier molecular flexibility index (Phi) is 5.65. The van der Waals surface area contributed by atoms with Gasteiger partial charge in [-0.25, -0.2) is 5.43 Å². The van der Waals surface area contributed by atoms with Gasteiger partial charge < -0.3 is 9.80 Å². The maximum Gasteiger partial charge on any atom is 0.270 e. The van der Waals surface area contributed by atoms with Crippen LogP contribution in [-0.2, 0) is 20.8 Å². The Morgan fingerprint density at radius 2 is 1.77 bits per heavy atom. The van der Waals surface area contributed by atoms with Crippen LogP contribution in [0.4, 0.5) is 0 Å². The summed E-state index contributed by atoms with van der Waals surface area (Å²) in [5.74, 6) is -0.176. The number of piperazine rings is 1. The van der Waals surface area contributed by atoms with E-state index in [2.05, 4.69) is 29.6 Å². The normalized spacial score (nSPS) is 17.6. The molecule has 0 bridgehead atoms. The Morgan fingerprint density at radius 3 is 2.42 bits per heavy atom. The molecule has 1 aromatic carbocycles. The number of amides is 3. The molecule has 0 atom stereocenters. The minimum atomic E-state index is -0.161. The Hall–Kier alpha value is -2.70. The van der Waals surface area contributed by atoms with Crippen LogP contribution in [0, 0.1) is 6.92 Å². The predicted molar refractivity (Wildman–Crippen MR) is 97.5 cm³/mol. The maximum absolute atomic E-state index is 12.4. The molecule has 2 aliphatic rings. The fourth-order valence-corrected chi connectivity index (χ4v) is 3.26. The highest BCUT2D eigenvalue weighted by Gasteiger charge is 2.28. The van der Waals surface area contributed by atoms with Crippen molar-refractivity contribution in [1.82, 2.24) is 15.2 Å². The van der Waals surface area contributed by atoms with E-state index in [4.69, 9.17) is 0 Å². The van der Waals surface area contributed by atoms with Crippen LogP contribution in [0.15, 0.2) is 29.4 Å². The van der Waals surface area contributed by atoms with Crippen molar-refractivity contribution in [2.75, 3.05) is 26.2 Å². The van der Waals surface area contributed by atoms with Gasteiger partial charge in [0.05, 0.1) is 0 Å². The van der Waals surface area contributed by atoms with E-state index in [0.717, 1.165) is 6.42 Å². The molecular formula is C19H24N4O3. The second-order valence-corrected chi connectivity index (χ2v) is 6.69. The van der Waals surface area contributed by atoms with E-state index in [1.807, 2.05) is 17.0 Å². The summed E-state index contributed by atoms with van der Waals surface area (Å²) in [4.78, 5) is 39.5. The maximum atomic E-state index is 12.4. The molecule has 0 unspecified atom stereocenters. The fourth-order valence-electron chi connectivity index (χ4n) is 3.26. The van der Waals surface area contributed by atoms with Gasteiger partial charge in [-0.2, -0.15) is 5.10 Å². The van der Waals surface area contributed by atoms with Crippen LogP contribution in [0.5, 0.6) is 0 Å². The van der Waals surface area contributed by atoms with Crippen molar-refractivity contribution < 1.29 is 14.4 Å². The van der Waals surface area contributed by atoms with E-state index >= 15 is 0 Å². The highest BCUT2D eigenvalue weighted by Crippen LogP contribution is 2.12. The molecule has 3 rings (SSSR count). The molecule has 7 heteroatoms. The van der Waals surface area contributed by atoms with Gasteiger partial charge in [0.2, 0.25) is 11.8 Å². The second-order valence-electron chi connectivity index (χ2n) is 6.69. The van der Waals surface area contributed by atoms with Crippen molar-refractivity contribution in [2.45, 2.75) is 32.6 Å². The lowest BCUT2D eigenvalue weighted by Crippen LogP contribution is -2.52. The van der Waals surface area contributed by atoms with Crippen molar-refractivity contribution in [3.63, 3.8) is 0 Å². The van der Waals surface area contributed by atoms with Crippen LogP contribution in [0.2, 0.25) is 0 Å². The molecule has 0 saturated carbocycles. The van der Waals surface area contributed by atoms with Gasteiger partial charge in [-0.05, 0) is 24.5 Å². The van der Waals surface area contributed by atoms with Crippen LogP contribution in [0.3, 0.4) is 0 Å². The van der Waals surface area contributed by atoms with Gasteiger partial charge in [-0.1, -0.05) is 24.3 Å². The van der Waals surface area contributed by atoms with Crippen LogP contribution in [-0.4, -0.2) is 59.4 Å². The van der Waals surface area contributed by atoms with Crippen molar-refractivity contribution in [3.05, 3.63) is 35.4 Å². The number of nitrogens with zero attached hydrogens (tertiary/aromatic N) is 3. The van der Waals surface area contributed by atoms with E-state index in [1.54, 1.807) is 4.90 Å². The first kappa shape index (κ1) is 18.1. The zero-order valence-corrected chi connectivity index (χ0v) is 15.0. The highest BCUT2D eigenvalue weighted by molar-refractivity contribution is 6.39. The van der Waals surface area contributed by atoms with Crippen LogP contribution < -0.4 is 5.43 Å². The molecule has 1 N–H and O–H groups in total. The number of hydrogen-bond acceptors (Lipinski definition) is 4.